The van der Waals surface area contributed by atoms with Crippen LogP contribution in [-0.4, -0.2) is 19.7 Å². The summed E-state index contributed by atoms with van der Waals surface area (Å²) < 4.78 is 1.62. The van der Waals surface area contributed by atoms with Gasteiger partial charge in [0.2, 0.25) is 0 Å². The first-order valence-electron chi connectivity index (χ1n) is 5.58. The van der Waals surface area contributed by atoms with Gasteiger partial charge in [0.15, 0.2) is 5.82 Å². The third-order valence-electron chi connectivity index (χ3n) is 2.56. The molecule has 0 aliphatic carbocycles. The van der Waals surface area contributed by atoms with Crippen LogP contribution in [0.25, 0.3) is 5.82 Å². The van der Waals surface area contributed by atoms with E-state index in [1.165, 1.54) is 0 Å². The third-order valence-corrected chi connectivity index (χ3v) is 2.75. The van der Waals surface area contributed by atoms with Gasteiger partial charge in [-0.15, -0.1) is 0 Å². The zero-order chi connectivity index (χ0) is 13.3. The normalized spacial score (nSPS) is 11.0. The molecule has 2 aromatic heterocycles. The maximum absolute atomic E-state index is 5.87. The molecule has 0 amide bonds. The lowest BCUT2D eigenvalue weighted by molar-refractivity contribution is 0.741. The van der Waals surface area contributed by atoms with Crippen molar-refractivity contribution in [2.45, 2.75) is 26.7 Å². The van der Waals surface area contributed by atoms with Crippen LogP contribution in [-0.2, 0) is 0 Å². The fraction of sp³-hybridized carbons (Fsp3) is 0.364. The number of nitrogen functional groups attached to an aromatic ring is 1. The Bertz CT molecular complexity index is 563. The van der Waals surface area contributed by atoms with Crippen LogP contribution >= 0.6 is 11.6 Å². The number of hydrogen-bond acceptors (Lipinski definition) is 5. The van der Waals surface area contributed by atoms with E-state index < -0.39 is 0 Å². The Hall–Kier alpha value is -1.66. The molecule has 2 heterocycles. The largest absolute Gasteiger partial charge is 0.308 e. The number of nitrogens with zero attached hydrogens (tertiary/aromatic N) is 4. The minimum absolute atomic E-state index is 0.197. The number of hydrogen-bond donors (Lipinski definition) is 2. The van der Waals surface area contributed by atoms with Crippen molar-refractivity contribution in [1.29, 1.82) is 0 Å². The molecule has 18 heavy (non-hydrogen) atoms. The van der Waals surface area contributed by atoms with Crippen molar-refractivity contribution in [1.82, 2.24) is 19.7 Å². The van der Waals surface area contributed by atoms with Crippen LogP contribution in [0.5, 0.6) is 0 Å². The van der Waals surface area contributed by atoms with Crippen LogP contribution < -0.4 is 11.3 Å². The summed E-state index contributed by atoms with van der Waals surface area (Å²) in [6.45, 7) is 5.92. The topological polar surface area (TPSA) is 81.6 Å². The molecule has 0 bridgehead atoms. The Morgan fingerprint density at radius 1 is 1.39 bits per heavy atom. The molecule has 3 N–H and O–H groups in total. The molecule has 7 heteroatoms. The van der Waals surface area contributed by atoms with Gasteiger partial charge in [-0.1, -0.05) is 25.4 Å². The Morgan fingerprint density at radius 3 is 2.61 bits per heavy atom. The molecule has 0 spiro atoms. The van der Waals surface area contributed by atoms with Gasteiger partial charge in [0.05, 0.1) is 17.4 Å². The predicted molar refractivity (Wildman–Crippen MR) is 70.8 cm³/mol. The van der Waals surface area contributed by atoms with E-state index in [1.807, 2.05) is 20.8 Å². The van der Waals surface area contributed by atoms with Crippen molar-refractivity contribution in [3.8, 4) is 5.82 Å². The molecule has 6 nitrogen and oxygen atoms in total. The Labute approximate surface area is 110 Å². The van der Waals surface area contributed by atoms with Gasteiger partial charge in [0, 0.05) is 11.5 Å². The summed E-state index contributed by atoms with van der Waals surface area (Å²) in [5, 5.41) is 4.71. The first-order valence-corrected chi connectivity index (χ1v) is 5.96. The second kappa shape index (κ2) is 4.91. The highest BCUT2D eigenvalue weighted by Crippen LogP contribution is 2.22. The van der Waals surface area contributed by atoms with E-state index in [4.69, 9.17) is 17.4 Å². The first-order chi connectivity index (χ1) is 8.52. The molecule has 2 rings (SSSR count). The van der Waals surface area contributed by atoms with Crippen molar-refractivity contribution in [3.05, 3.63) is 28.8 Å². The molecule has 0 unspecified atom stereocenters. The lowest BCUT2D eigenvalue weighted by Crippen LogP contribution is -2.15. The van der Waals surface area contributed by atoms with E-state index in [9.17, 15) is 0 Å². The van der Waals surface area contributed by atoms with Crippen LogP contribution in [0.3, 0.4) is 0 Å². The van der Waals surface area contributed by atoms with Gasteiger partial charge in [0.1, 0.15) is 11.6 Å². The summed E-state index contributed by atoms with van der Waals surface area (Å²) in [5.74, 6) is 7.64. The maximum Gasteiger partial charge on any atom is 0.162 e. The van der Waals surface area contributed by atoms with Gasteiger partial charge in [-0.05, 0) is 6.92 Å². The van der Waals surface area contributed by atoms with Crippen LogP contribution in [0, 0.1) is 6.92 Å². The monoisotopic (exact) mass is 266 g/mol. The highest BCUT2D eigenvalue weighted by atomic mass is 35.5. The SMILES string of the molecule is Cc1c(NN)nc(C(C)C)nc1-n1cc(Cl)cn1. The lowest BCUT2D eigenvalue weighted by atomic mass is 10.2. The number of rotatable bonds is 3. The van der Waals surface area contributed by atoms with Crippen molar-refractivity contribution in [2.75, 3.05) is 5.43 Å². The average molecular weight is 267 g/mol. The second-order valence-corrected chi connectivity index (χ2v) is 4.72. The minimum atomic E-state index is 0.197. The summed E-state index contributed by atoms with van der Waals surface area (Å²) in [6, 6.07) is 0. The lowest BCUT2D eigenvalue weighted by Gasteiger charge is -2.13. The fourth-order valence-corrected chi connectivity index (χ4v) is 1.70. The Kier molecular flexibility index (Phi) is 3.49. The van der Waals surface area contributed by atoms with Crippen molar-refractivity contribution in [2.24, 2.45) is 5.84 Å². The summed E-state index contributed by atoms with van der Waals surface area (Å²) >= 11 is 5.87. The minimum Gasteiger partial charge on any atom is -0.308 e. The summed E-state index contributed by atoms with van der Waals surface area (Å²) in [7, 11) is 0. The Balaban J connectivity index is 2.61. The zero-order valence-corrected chi connectivity index (χ0v) is 11.2. The molecule has 0 atom stereocenters. The van der Waals surface area contributed by atoms with E-state index in [-0.39, 0.29) is 5.92 Å². The third kappa shape index (κ3) is 2.30. The molecule has 96 valence electrons. The summed E-state index contributed by atoms with van der Waals surface area (Å²) in [6.07, 6.45) is 3.26. The molecule has 0 saturated carbocycles. The van der Waals surface area contributed by atoms with Gasteiger partial charge in [0.25, 0.3) is 0 Å². The van der Waals surface area contributed by atoms with Crippen LogP contribution in [0.1, 0.15) is 31.2 Å². The quantitative estimate of drug-likeness (QED) is 0.656. The number of nitrogens with two attached hydrogens (primary N) is 1. The van der Waals surface area contributed by atoms with E-state index >= 15 is 0 Å². The summed E-state index contributed by atoms with van der Waals surface area (Å²) in [5.41, 5.74) is 3.40. The van der Waals surface area contributed by atoms with Crippen molar-refractivity contribution in [3.63, 3.8) is 0 Å². The molecule has 0 saturated heterocycles. The van der Waals surface area contributed by atoms with Gasteiger partial charge in [-0.2, -0.15) is 5.10 Å². The highest BCUT2D eigenvalue weighted by molar-refractivity contribution is 6.30. The molecule has 2 aromatic rings. The molecular weight excluding hydrogens is 252 g/mol. The van der Waals surface area contributed by atoms with Crippen LogP contribution in [0.15, 0.2) is 12.4 Å². The van der Waals surface area contributed by atoms with Gasteiger partial charge in [-0.25, -0.2) is 20.5 Å². The van der Waals surface area contributed by atoms with Crippen molar-refractivity contribution >= 4 is 17.4 Å². The molecular formula is C11H15ClN6. The van der Waals surface area contributed by atoms with Gasteiger partial charge < -0.3 is 5.43 Å². The van der Waals surface area contributed by atoms with E-state index in [0.717, 1.165) is 5.56 Å². The molecule has 0 radical (unpaired) electrons. The zero-order valence-electron chi connectivity index (χ0n) is 10.5. The van der Waals surface area contributed by atoms with E-state index in [0.29, 0.717) is 22.5 Å². The fourth-order valence-electron chi connectivity index (χ4n) is 1.56. The highest BCUT2D eigenvalue weighted by Gasteiger charge is 2.14. The van der Waals surface area contributed by atoms with E-state index in [2.05, 4.69) is 20.5 Å². The standard InChI is InChI=1S/C11H15ClN6/c1-6(2)9-15-10(17-13)7(3)11(16-9)18-5-8(12)4-14-18/h4-6H,13H2,1-3H3,(H,15,16,17). The van der Waals surface area contributed by atoms with Gasteiger partial charge >= 0.3 is 0 Å². The smallest absolute Gasteiger partial charge is 0.162 e. The molecule has 0 aromatic carbocycles. The first kappa shape index (κ1) is 12.8. The maximum atomic E-state index is 5.87. The number of hydrazine groups is 1. The molecule has 0 fully saturated rings. The second-order valence-electron chi connectivity index (χ2n) is 4.28. The number of aromatic nitrogens is 4. The van der Waals surface area contributed by atoms with Gasteiger partial charge in [-0.3, -0.25) is 0 Å². The number of nitrogens with one attached hydrogen (secondary N) is 1. The number of anilines is 1. The van der Waals surface area contributed by atoms with E-state index in [1.54, 1.807) is 17.1 Å². The molecule has 0 aliphatic rings. The Morgan fingerprint density at radius 2 is 2.11 bits per heavy atom. The van der Waals surface area contributed by atoms with Crippen molar-refractivity contribution < 1.29 is 0 Å². The number of halogens is 1. The van der Waals surface area contributed by atoms with Crippen LogP contribution in [0.4, 0.5) is 5.82 Å². The predicted octanol–water partition coefficient (Wildman–Crippen LogP) is 2.03. The van der Waals surface area contributed by atoms with Crippen LogP contribution in [0.2, 0.25) is 5.02 Å². The summed E-state index contributed by atoms with van der Waals surface area (Å²) in [4.78, 5) is 8.86. The molecule has 0 aliphatic heterocycles. The average Bonchev–Trinajstić information content (AvgIpc) is 2.75.